The monoisotopic (exact) mass is 412 g/mol. The quantitative estimate of drug-likeness (QED) is 0.559. The van der Waals surface area contributed by atoms with Gasteiger partial charge in [-0.1, -0.05) is 18.2 Å². The largest absolute Gasteiger partial charge is 0.493 e. The topological polar surface area (TPSA) is 73.2 Å². The van der Waals surface area contributed by atoms with Crippen LogP contribution in [0.2, 0.25) is 0 Å². The van der Waals surface area contributed by atoms with Crippen molar-refractivity contribution in [2.75, 3.05) is 40.2 Å². The fourth-order valence-corrected chi connectivity index (χ4v) is 3.27. The molecule has 7 nitrogen and oxygen atoms in total. The predicted molar refractivity (Wildman–Crippen MR) is 117 cm³/mol. The molecule has 3 aromatic rings. The zero-order valence-corrected chi connectivity index (χ0v) is 18.0. The van der Waals surface area contributed by atoms with Gasteiger partial charge in [0.25, 0.3) is 0 Å². The van der Waals surface area contributed by atoms with Crippen LogP contribution in [-0.4, -0.2) is 45.7 Å². The Morgan fingerprint density at radius 3 is 2.33 bits per heavy atom. The fraction of sp³-hybridized carbons (Fsp3) is 0.348. The van der Waals surface area contributed by atoms with E-state index in [4.69, 9.17) is 18.6 Å². The molecule has 0 aliphatic rings. The minimum atomic E-state index is -0.104. The predicted octanol–water partition coefficient (Wildman–Crippen LogP) is 4.48. The van der Waals surface area contributed by atoms with E-state index < -0.39 is 0 Å². The van der Waals surface area contributed by atoms with Gasteiger partial charge in [-0.15, -0.1) is 0 Å². The number of rotatable bonds is 9. The summed E-state index contributed by atoms with van der Waals surface area (Å²) < 4.78 is 21.9. The maximum Gasteiger partial charge on any atom is 0.225 e. The third-order valence-corrected chi connectivity index (χ3v) is 5.16. The lowest BCUT2D eigenvalue weighted by Gasteiger charge is -2.22. The summed E-state index contributed by atoms with van der Waals surface area (Å²) in [5.74, 6) is 2.24. The van der Waals surface area contributed by atoms with Gasteiger partial charge in [0.1, 0.15) is 11.3 Å². The minimum absolute atomic E-state index is 0.0476. The number of furan rings is 1. The molecule has 30 heavy (non-hydrogen) atoms. The number of hydrogen-bond acceptors (Lipinski definition) is 6. The highest BCUT2D eigenvalue weighted by atomic mass is 16.5. The second-order valence-corrected chi connectivity index (χ2v) is 7.06. The van der Waals surface area contributed by atoms with Crippen molar-refractivity contribution in [1.82, 2.24) is 4.90 Å². The molecule has 0 spiro atoms. The third kappa shape index (κ3) is 4.68. The van der Waals surface area contributed by atoms with Gasteiger partial charge in [0.15, 0.2) is 11.5 Å². The molecule has 3 rings (SSSR count). The number of nitrogens with zero attached hydrogens (tertiary/aromatic N) is 1. The van der Waals surface area contributed by atoms with E-state index in [1.54, 1.807) is 12.1 Å². The molecule has 1 unspecified atom stereocenters. The molecule has 0 aliphatic heterocycles. The number of amides is 1. The Kier molecular flexibility index (Phi) is 6.84. The van der Waals surface area contributed by atoms with E-state index in [1.165, 1.54) is 21.3 Å². The first-order valence-electron chi connectivity index (χ1n) is 9.75. The number of nitrogens with one attached hydrogen (secondary N) is 1. The number of hydrogen-bond donors (Lipinski definition) is 1. The van der Waals surface area contributed by atoms with Crippen molar-refractivity contribution in [2.24, 2.45) is 0 Å². The van der Waals surface area contributed by atoms with Crippen molar-refractivity contribution in [3.63, 3.8) is 0 Å². The maximum absolute atomic E-state index is 12.5. The molecule has 1 heterocycles. The van der Waals surface area contributed by atoms with Crippen LogP contribution in [0.25, 0.3) is 11.0 Å². The number of fused-ring (bicyclic) bond motifs is 1. The second-order valence-electron chi connectivity index (χ2n) is 7.06. The first-order chi connectivity index (χ1) is 14.5. The van der Waals surface area contributed by atoms with Crippen LogP contribution in [-0.2, 0) is 4.79 Å². The number of para-hydroxylation sites is 1. The van der Waals surface area contributed by atoms with Gasteiger partial charge in [0.2, 0.25) is 11.7 Å². The van der Waals surface area contributed by atoms with Gasteiger partial charge in [-0.2, -0.15) is 0 Å². The van der Waals surface area contributed by atoms with Gasteiger partial charge in [-0.25, -0.2) is 0 Å². The number of ether oxygens (including phenoxy) is 3. The first-order valence-corrected chi connectivity index (χ1v) is 9.75. The average Bonchev–Trinajstić information content (AvgIpc) is 3.20. The molecule has 0 radical (unpaired) electrons. The molecule has 7 heteroatoms. The molecule has 1 aromatic heterocycles. The van der Waals surface area contributed by atoms with Crippen molar-refractivity contribution in [3.8, 4) is 17.2 Å². The van der Waals surface area contributed by atoms with Crippen molar-refractivity contribution < 1.29 is 23.4 Å². The normalized spacial score (nSPS) is 12.1. The smallest absolute Gasteiger partial charge is 0.225 e. The van der Waals surface area contributed by atoms with Crippen LogP contribution in [0.4, 0.5) is 5.69 Å². The van der Waals surface area contributed by atoms with Gasteiger partial charge in [0.05, 0.1) is 27.4 Å². The average molecular weight is 412 g/mol. The van der Waals surface area contributed by atoms with E-state index in [9.17, 15) is 4.79 Å². The third-order valence-electron chi connectivity index (χ3n) is 5.16. The minimum Gasteiger partial charge on any atom is -0.493 e. The van der Waals surface area contributed by atoms with E-state index in [-0.39, 0.29) is 11.9 Å². The van der Waals surface area contributed by atoms with Crippen LogP contribution in [0.1, 0.15) is 25.1 Å². The molecular formula is C23H28N2O5. The highest BCUT2D eigenvalue weighted by Gasteiger charge is 2.18. The Labute approximate surface area is 176 Å². The van der Waals surface area contributed by atoms with Gasteiger partial charge >= 0.3 is 0 Å². The zero-order chi connectivity index (χ0) is 21.7. The van der Waals surface area contributed by atoms with Gasteiger partial charge in [-0.3, -0.25) is 9.69 Å². The van der Waals surface area contributed by atoms with E-state index in [0.29, 0.717) is 35.9 Å². The van der Waals surface area contributed by atoms with E-state index in [1.807, 2.05) is 37.4 Å². The lowest BCUT2D eigenvalue weighted by molar-refractivity contribution is -0.116. The lowest BCUT2D eigenvalue weighted by atomic mass is 10.2. The number of carbonyl (C=O) groups excluding carboxylic acids is 1. The SMILES string of the molecule is COc1cc(NC(=O)CCN(C)C(C)c2cc3ccccc3o2)cc(OC)c1OC. The van der Waals surface area contributed by atoms with Crippen molar-refractivity contribution in [2.45, 2.75) is 19.4 Å². The molecule has 160 valence electrons. The van der Waals surface area contributed by atoms with Crippen LogP contribution >= 0.6 is 0 Å². The van der Waals surface area contributed by atoms with Crippen LogP contribution < -0.4 is 19.5 Å². The Morgan fingerprint density at radius 2 is 1.73 bits per heavy atom. The molecule has 0 bridgehead atoms. The summed E-state index contributed by atoms with van der Waals surface area (Å²) in [4.78, 5) is 14.6. The first kappa shape index (κ1) is 21.5. The number of methoxy groups -OCH3 is 3. The van der Waals surface area contributed by atoms with Crippen molar-refractivity contribution in [3.05, 3.63) is 48.2 Å². The molecule has 1 atom stereocenters. The summed E-state index contributed by atoms with van der Waals surface area (Å²) >= 11 is 0. The molecule has 1 N–H and O–H groups in total. The fourth-order valence-electron chi connectivity index (χ4n) is 3.27. The van der Waals surface area contributed by atoms with Crippen LogP contribution in [0, 0.1) is 0 Å². The summed E-state index contributed by atoms with van der Waals surface area (Å²) in [5.41, 5.74) is 1.45. The van der Waals surface area contributed by atoms with Gasteiger partial charge in [0, 0.05) is 36.2 Å². The Hall–Kier alpha value is -3.19. The summed E-state index contributed by atoms with van der Waals surface area (Å²) in [6, 6.07) is 13.4. The van der Waals surface area contributed by atoms with Crippen LogP contribution in [0.5, 0.6) is 17.2 Å². The van der Waals surface area contributed by atoms with Crippen molar-refractivity contribution in [1.29, 1.82) is 0 Å². The second kappa shape index (κ2) is 9.54. The maximum atomic E-state index is 12.5. The van der Waals surface area contributed by atoms with Crippen LogP contribution in [0.3, 0.4) is 0 Å². The van der Waals surface area contributed by atoms with Gasteiger partial charge < -0.3 is 23.9 Å². The molecule has 2 aromatic carbocycles. The number of benzene rings is 2. The standard InChI is InChI=1S/C23H28N2O5/c1-15(19-12-16-8-6-7-9-18(16)30-19)25(2)11-10-22(26)24-17-13-20(27-3)23(29-5)21(14-17)28-4/h6-9,12-15H,10-11H2,1-5H3,(H,24,26). The van der Waals surface area contributed by atoms with Gasteiger partial charge in [-0.05, 0) is 26.1 Å². The molecule has 0 saturated heterocycles. The Bertz CT molecular complexity index is 956. The highest BCUT2D eigenvalue weighted by molar-refractivity contribution is 5.91. The molecule has 0 aliphatic carbocycles. The summed E-state index contributed by atoms with van der Waals surface area (Å²) in [6.07, 6.45) is 0.331. The summed E-state index contributed by atoms with van der Waals surface area (Å²) in [5, 5.41) is 3.97. The van der Waals surface area contributed by atoms with E-state index >= 15 is 0 Å². The van der Waals surface area contributed by atoms with E-state index in [0.717, 1.165) is 16.7 Å². The molecule has 0 fully saturated rings. The van der Waals surface area contributed by atoms with Crippen molar-refractivity contribution >= 4 is 22.6 Å². The van der Waals surface area contributed by atoms with Crippen LogP contribution in [0.15, 0.2) is 46.9 Å². The Morgan fingerprint density at radius 1 is 1.07 bits per heavy atom. The highest BCUT2D eigenvalue weighted by Crippen LogP contribution is 2.40. The summed E-state index contributed by atoms with van der Waals surface area (Å²) in [6.45, 7) is 2.64. The number of carbonyl (C=O) groups is 1. The summed E-state index contributed by atoms with van der Waals surface area (Å²) in [7, 11) is 6.59. The zero-order valence-electron chi connectivity index (χ0n) is 18.0. The molecule has 1 amide bonds. The van der Waals surface area contributed by atoms with E-state index in [2.05, 4.69) is 17.1 Å². The Balaban J connectivity index is 1.61. The number of anilines is 1. The molecular weight excluding hydrogens is 384 g/mol. The molecule has 0 saturated carbocycles. The lowest BCUT2D eigenvalue weighted by Crippen LogP contribution is -2.26.